The van der Waals surface area contributed by atoms with Crippen molar-refractivity contribution in [1.82, 2.24) is 0 Å². The Morgan fingerprint density at radius 2 is 1.83 bits per heavy atom. The molecule has 0 aliphatic carbocycles. The Balaban J connectivity index is 2.10. The number of rotatable bonds is 6. The number of hydrogen-bond donors (Lipinski definition) is 0. The normalized spacial score (nSPS) is 16.7. The van der Waals surface area contributed by atoms with E-state index in [4.69, 9.17) is 9.47 Å². The highest BCUT2D eigenvalue weighted by Crippen LogP contribution is 2.26. The minimum absolute atomic E-state index is 0.0718. The first-order valence-electron chi connectivity index (χ1n) is 7.82. The third-order valence-electron chi connectivity index (χ3n) is 3.30. The Labute approximate surface area is 141 Å². The van der Waals surface area contributed by atoms with Gasteiger partial charge in [-0.3, -0.25) is 0 Å². The van der Waals surface area contributed by atoms with Gasteiger partial charge in [0.25, 0.3) is 5.79 Å². The monoisotopic (exact) mass is 334 g/mol. The lowest BCUT2D eigenvalue weighted by molar-refractivity contribution is -0.222. The van der Waals surface area contributed by atoms with Crippen LogP contribution in [-0.4, -0.2) is 23.5 Å². The molecule has 1 aliphatic rings. The third kappa shape index (κ3) is 5.13. The van der Waals surface area contributed by atoms with E-state index in [2.05, 4.69) is 6.92 Å². The summed E-state index contributed by atoms with van der Waals surface area (Å²) in [6.07, 6.45) is 5.13. The van der Waals surface area contributed by atoms with Gasteiger partial charge in [-0.2, -0.15) is 0 Å². The predicted molar refractivity (Wildman–Crippen MR) is 90.9 cm³/mol. The Morgan fingerprint density at radius 3 is 2.48 bits per heavy atom. The van der Waals surface area contributed by atoms with Gasteiger partial charge in [-0.05, 0) is 35.9 Å². The Kier molecular flexibility index (Phi) is 5.88. The van der Waals surface area contributed by atoms with Gasteiger partial charge in [0, 0.05) is 18.7 Å². The molecule has 1 heterocycles. The minimum Gasteiger partial charge on any atom is -0.419 e. The average molecular weight is 334 g/mol. The number of cyclic esters (lactones) is 2. The Bertz CT molecular complexity index is 597. The lowest BCUT2D eigenvalue weighted by Gasteiger charge is -2.29. The van der Waals surface area contributed by atoms with Crippen LogP contribution < -0.4 is 0 Å². The van der Waals surface area contributed by atoms with Crippen molar-refractivity contribution in [2.24, 2.45) is 0 Å². The van der Waals surface area contributed by atoms with E-state index in [0.717, 1.165) is 16.2 Å². The highest BCUT2D eigenvalue weighted by Gasteiger charge is 2.38. The fraction of sp³-hybridized carbons (Fsp3) is 0.444. The molecule has 124 valence electrons. The first-order chi connectivity index (χ1) is 10.9. The molecule has 23 heavy (non-hydrogen) atoms. The Morgan fingerprint density at radius 1 is 1.13 bits per heavy atom. The maximum absolute atomic E-state index is 12.0. The molecule has 0 atom stereocenters. The fourth-order valence-electron chi connectivity index (χ4n) is 2.18. The van der Waals surface area contributed by atoms with E-state index in [9.17, 15) is 9.59 Å². The molecule has 0 amide bonds. The molecular weight excluding hydrogens is 312 g/mol. The van der Waals surface area contributed by atoms with Crippen molar-refractivity contribution in [3.05, 3.63) is 35.4 Å². The standard InChI is InChI=1S/C18H22O4S/c1-4-5-6-10-23-14-9-7-8-13(11-14)12-15-16(19)21-18(2,3)22-17(15)20/h7-9,11-12H,4-6,10H2,1-3H3. The van der Waals surface area contributed by atoms with Gasteiger partial charge in [0.15, 0.2) is 0 Å². The molecule has 1 aromatic carbocycles. The van der Waals surface area contributed by atoms with Crippen LogP contribution in [0.5, 0.6) is 0 Å². The largest absolute Gasteiger partial charge is 0.419 e. The van der Waals surface area contributed by atoms with Crippen LogP contribution in [0.25, 0.3) is 6.08 Å². The second-order valence-corrected chi connectivity index (χ2v) is 7.03. The van der Waals surface area contributed by atoms with E-state index in [0.29, 0.717) is 0 Å². The number of esters is 2. The quantitative estimate of drug-likeness (QED) is 0.257. The van der Waals surface area contributed by atoms with E-state index in [1.165, 1.54) is 39.2 Å². The summed E-state index contributed by atoms with van der Waals surface area (Å²) in [6.45, 7) is 5.25. The molecule has 0 unspecified atom stereocenters. The SMILES string of the molecule is CCCCCSc1cccc(C=C2C(=O)OC(C)(C)OC2=O)c1. The lowest BCUT2D eigenvalue weighted by Crippen LogP contribution is -2.41. The van der Waals surface area contributed by atoms with Crippen molar-refractivity contribution in [1.29, 1.82) is 0 Å². The highest BCUT2D eigenvalue weighted by atomic mass is 32.2. The average Bonchev–Trinajstić information content (AvgIpc) is 2.47. The first-order valence-corrected chi connectivity index (χ1v) is 8.81. The van der Waals surface area contributed by atoms with Crippen LogP contribution in [0.15, 0.2) is 34.7 Å². The van der Waals surface area contributed by atoms with Crippen LogP contribution in [0.1, 0.15) is 45.6 Å². The summed E-state index contributed by atoms with van der Waals surface area (Å²) < 4.78 is 10.2. The number of ether oxygens (including phenoxy) is 2. The summed E-state index contributed by atoms with van der Waals surface area (Å²) in [6, 6.07) is 7.75. The molecule has 1 fully saturated rings. The van der Waals surface area contributed by atoms with Crippen molar-refractivity contribution in [2.75, 3.05) is 5.75 Å². The number of carbonyl (C=O) groups is 2. The van der Waals surface area contributed by atoms with Crippen molar-refractivity contribution >= 4 is 29.8 Å². The topological polar surface area (TPSA) is 52.6 Å². The summed E-state index contributed by atoms with van der Waals surface area (Å²) in [7, 11) is 0. The van der Waals surface area contributed by atoms with Gasteiger partial charge in [0.2, 0.25) is 0 Å². The van der Waals surface area contributed by atoms with Crippen molar-refractivity contribution < 1.29 is 19.1 Å². The van der Waals surface area contributed by atoms with Crippen LogP contribution in [-0.2, 0) is 19.1 Å². The molecule has 1 aromatic rings. The molecule has 4 nitrogen and oxygen atoms in total. The number of unbranched alkanes of at least 4 members (excludes halogenated alkanes) is 2. The second kappa shape index (κ2) is 7.68. The smallest absolute Gasteiger partial charge is 0.348 e. The molecule has 1 aliphatic heterocycles. The molecule has 5 heteroatoms. The van der Waals surface area contributed by atoms with Gasteiger partial charge in [-0.15, -0.1) is 11.8 Å². The summed E-state index contributed by atoms with van der Waals surface area (Å²) in [5.74, 6) is -1.44. The zero-order valence-electron chi connectivity index (χ0n) is 13.8. The number of carbonyl (C=O) groups excluding carboxylic acids is 2. The van der Waals surface area contributed by atoms with Gasteiger partial charge in [-0.1, -0.05) is 31.9 Å². The van der Waals surface area contributed by atoms with Crippen LogP contribution in [0.4, 0.5) is 0 Å². The maximum Gasteiger partial charge on any atom is 0.348 e. The van der Waals surface area contributed by atoms with Crippen LogP contribution in [0.2, 0.25) is 0 Å². The lowest BCUT2D eigenvalue weighted by atomic mass is 10.1. The van der Waals surface area contributed by atoms with Crippen LogP contribution >= 0.6 is 11.8 Å². The molecule has 0 N–H and O–H groups in total. The fourth-order valence-corrected chi connectivity index (χ4v) is 3.16. The van der Waals surface area contributed by atoms with Gasteiger partial charge >= 0.3 is 11.9 Å². The van der Waals surface area contributed by atoms with E-state index in [1.54, 1.807) is 11.8 Å². The highest BCUT2D eigenvalue weighted by molar-refractivity contribution is 7.99. The van der Waals surface area contributed by atoms with Crippen LogP contribution in [0.3, 0.4) is 0 Å². The van der Waals surface area contributed by atoms with Gasteiger partial charge in [0.05, 0.1) is 0 Å². The molecule has 0 spiro atoms. The first kappa shape index (κ1) is 17.6. The summed E-state index contributed by atoms with van der Waals surface area (Å²) in [5.41, 5.74) is 0.714. The van der Waals surface area contributed by atoms with Crippen molar-refractivity contribution in [3.63, 3.8) is 0 Å². The zero-order valence-corrected chi connectivity index (χ0v) is 14.6. The summed E-state index contributed by atoms with van der Waals surface area (Å²) in [4.78, 5) is 25.0. The zero-order chi connectivity index (χ0) is 16.9. The molecular formula is C18H22O4S. The molecule has 1 saturated heterocycles. The van der Waals surface area contributed by atoms with E-state index in [-0.39, 0.29) is 5.57 Å². The van der Waals surface area contributed by atoms with Gasteiger partial charge < -0.3 is 9.47 Å². The molecule has 0 saturated carbocycles. The minimum atomic E-state index is -1.21. The number of hydrogen-bond acceptors (Lipinski definition) is 5. The summed E-state index contributed by atoms with van der Waals surface area (Å²) in [5, 5.41) is 0. The van der Waals surface area contributed by atoms with Gasteiger partial charge in [0.1, 0.15) is 5.57 Å². The summed E-state index contributed by atoms with van der Waals surface area (Å²) >= 11 is 1.78. The molecule has 0 bridgehead atoms. The Hall–Kier alpha value is -1.75. The molecule has 0 radical (unpaired) electrons. The number of benzene rings is 1. The van der Waals surface area contributed by atoms with E-state index in [1.807, 2.05) is 24.3 Å². The van der Waals surface area contributed by atoms with Gasteiger partial charge in [-0.25, -0.2) is 9.59 Å². The van der Waals surface area contributed by atoms with E-state index >= 15 is 0 Å². The maximum atomic E-state index is 12.0. The molecule has 0 aromatic heterocycles. The number of thioether (sulfide) groups is 1. The van der Waals surface area contributed by atoms with Crippen molar-refractivity contribution in [2.45, 2.75) is 50.7 Å². The van der Waals surface area contributed by atoms with Crippen LogP contribution in [0, 0.1) is 0 Å². The molecule has 2 rings (SSSR count). The van der Waals surface area contributed by atoms with E-state index < -0.39 is 17.7 Å². The third-order valence-corrected chi connectivity index (χ3v) is 4.38. The van der Waals surface area contributed by atoms with Crippen molar-refractivity contribution in [3.8, 4) is 0 Å². The second-order valence-electron chi connectivity index (χ2n) is 5.86. The predicted octanol–water partition coefficient (Wildman–Crippen LogP) is 4.19.